The maximum absolute atomic E-state index is 9.97. The Morgan fingerprint density at radius 2 is 2.67 bits per heavy atom. The molecule has 1 heterocycles. The lowest BCUT2D eigenvalue weighted by Crippen LogP contribution is -2.15. The van der Waals surface area contributed by atoms with Gasteiger partial charge in [-0.15, -0.1) is 0 Å². The van der Waals surface area contributed by atoms with E-state index in [0.29, 0.717) is 6.54 Å². The third-order valence-electron chi connectivity index (χ3n) is 0.643. The Hall–Kier alpha value is -0.730. The van der Waals surface area contributed by atoms with Gasteiger partial charge in [0.1, 0.15) is 0 Å². The first-order valence-corrected chi connectivity index (χ1v) is 1.85. The van der Waals surface area contributed by atoms with E-state index < -0.39 is 0 Å². The number of rotatable bonds is 0. The topological polar surface area (TPSA) is 44.3 Å². The fourth-order valence-corrected chi connectivity index (χ4v) is 0.376. The second kappa shape index (κ2) is 1.16. The highest BCUT2D eigenvalue weighted by molar-refractivity contribution is 5.72. The third kappa shape index (κ3) is 0.429. The summed E-state index contributed by atoms with van der Waals surface area (Å²) in [4.78, 5) is 3.49. The molecule has 0 unspecified atom stereocenters. The molecule has 0 aliphatic carbocycles. The van der Waals surface area contributed by atoms with Crippen LogP contribution in [0.2, 0.25) is 0 Å². The largest absolute Gasteiger partial charge is 0.336 e. The molecule has 1 radical (unpaired) electrons. The van der Waals surface area contributed by atoms with Crippen molar-refractivity contribution in [3.05, 3.63) is 0 Å². The molecular weight excluding hydrogens is 80.0 g/mol. The van der Waals surface area contributed by atoms with E-state index in [1.54, 1.807) is 0 Å². The van der Waals surface area contributed by atoms with Crippen LogP contribution in [0.4, 0.5) is 0 Å². The zero-order valence-electron chi connectivity index (χ0n) is 3.27. The van der Waals surface area contributed by atoms with Crippen molar-refractivity contribution in [2.75, 3.05) is 13.1 Å². The number of aliphatic imine (C=N–C) groups is 1. The van der Waals surface area contributed by atoms with Crippen LogP contribution in [0.1, 0.15) is 0 Å². The van der Waals surface area contributed by atoms with Gasteiger partial charge in [0.25, 0.3) is 0 Å². The van der Waals surface area contributed by atoms with E-state index in [2.05, 4.69) is 10.3 Å². The summed E-state index contributed by atoms with van der Waals surface area (Å²) in [5.74, 6) is 0. The smallest absolute Gasteiger partial charge is 0.335 e. The van der Waals surface area contributed by atoms with Crippen LogP contribution in [0.15, 0.2) is 4.99 Å². The molecule has 6 heavy (non-hydrogen) atoms. The summed E-state index contributed by atoms with van der Waals surface area (Å²) < 4.78 is 0. The number of hydrogen-bond acceptors (Lipinski definition) is 2. The Bertz CT molecular complexity index is 78.9. The first kappa shape index (κ1) is 3.46. The predicted octanol–water partition coefficient (Wildman–Crippen LogP) is -0.624. The summed E-state index contributed by atoms with van der Waals surface area (Å²) in [6.07, 6.45) is 0. The van der Waals surface area contributed by atoms with Crippen molar-refractivity contribution < 1.29 is 5.11 Å². The van der Waals surface area contributed by atoms with Gasteiger partial charge in [0.05, 0.1) is 6.54 Å². The molecule has 0 aromatic heterocycles. The molecule has 1 aliphatic rings. The fraction of sp³-hybridized carbons (Fsp3) is 0.667. The van der Waals surface area contributed by atoms with Gasteiger partial charge < -0.3 is 5.32 Å². The molecule has 1 rings (SSSR count). The Labute approximate surface area is 35.7 Å². The summed E-state index contributed by atoms with van der Waals surface area (Å²) in [5.41, 5.74) is 0. The molecule has 0 saturated heterocycles. The first-order chi connectivity index (χ1) is 2.89. The lowest BCUT2D eigenvalue weighted by atomic mass is 10.7. The Morgan fingerprint density at radius 3 is 2.83 bits per heavy atom. The van der Waals surface area contributed by atoms with E-state index >= 15 is 0 Å². The molecule has 0 saturated carbocycles. The van der Waals surface area contributed by atoms with Gasteiger partial charge in [-0.05, 0) is 0 Å². The van der Waals surface area contributed by atoms with E-state index in [1.165, 1.54) is 0 Å². The average molecular weight is 85.1 g/mol. The van der Waals surface area contributed by atoms with Crippen LogP contribution in [0.5, 0.6) is 0 Å². The number of nitrogens with one attached hydrogen (secondary N) is 1. The van der Waals surface area contributed by atoms with E-state index in [1.807, 2.05) is 0 Å². The van der Waals surface area contributed by atoms with Gasteiger partial charge in [-0.3, -0.25) is 0 Å². The van der Waals surface area contributed by atoms with Crippen LogP contribution >= 0.6 is 0 Å². The van der Waals surface area contributed by atoms with Gasteiger partial charge in [-0.2, -0.15) is 0 Å². The fourth-order valence-electron chi connectivity index (χ4n) is 0.376. The van der Waals surface area contributed by atoms with Gasteiger partial charge >= 0.3 is 6.02 Å². The predicted molar refractivity (Wildman–Crippen MR) is 21.0 cm³/mol. The number of hydrogen-bond donors (Lipinski definition) is 1. The van der Waals surface area contributed by atoms with Crippen LogP contribution in [-0.2, 0) is 5.11 Å². The van der Waals surface area contributed by atoms with Gasteiger partial charge in [0.2, 0.25) is 0 Å². The Kier molecular flexibility index (Phi) is 0.670. The highest BCUT2D eigenvalue weighted by Crippen LogP contribution is 1.77. The number of nitrogens with zero attached hydrogens (tertiary/aromatic N) is 1. The number of amidine groups is 1. The summed E-state index contributed by atoms with van der Waals surface area (Å²) in [6.45, 7) is 1.37. The monoisotopic (exact) mass is 85.0 g/mol. The van der Waals surface area contributed by atoms with E-state index in [4.69, 9.17) is 0 Å². The van der Waals surface area contributed by atoms with Gasteiger partial charge in [-0.25, -0.2) is 10.1 Å². The molecule has 0 atom stereocenters. The van der Waals surface area contributed by atoms with Crippen molar-refractivity contribution in [3.63, 3.8) is 0 Å². The van der Waals surface area contributed by atoms with Gasteiger partial charge in [-0.1, -0.05) is 0 Å². The van der Waals surface area contributed by atoms with Gasteiger partial charge in [0, 0.05) is 6.54 Å². The summed E-state index contributed by atoms with van der Waals surface area (Å²) in [7, 11) is 0. The lowest BCUT2D eigenvalue weighted by molar-refractivity contribution is 0.409. The zero-order chi connectivity index (χ0) is 4.41. The lowest BCUT2D eigenvalue weighted by Gasteiger charge is -1.79. The minimum atomic E-state index is -0.171. The van der Waals surface area contributed by atoms with Crippen molar-refractivity contribution in [2.45, 2.75) is 0 Å². The minimum absolute atomic E-state index is 0.171. The molecule has 0 spiro atoms. The summed E-state index contributed by atoms with van der Waals surface area (Å²) in [5, 5.41) is 12.5. The van der Waals surface area contributed by atoms with Crippen molar-refractivity contribution in [2.24, 2.45) is 4.99 Å². The zero-order valence-corrected chi connectivity index (χ0v) is 3.27. The summed E-state index contributed by atoms with van der Waals surface area (Å²) >= 11 is 0. The average Bonchev–Trinajstić information content (AvgIpc) is 1.86. The molecule has 0 fully saturated rings. The van der Waals surface area contributed by atoms with E-state index in [0.717, 1.165) is 6.54 Å². The van der Waals surface area contributed by atoms with E-state index in [-0.39, 0.29) is 6.02 Å². The Morgan fingerprint density at radius 1 is 1.83 bits per heavy atom. The van der Waals surface area contributed by atoms with Crippen LogP contribution in [-0.4, -0.2) is 19.1 Å². The second-order valence-electron chi connectivity index (χ2n) is 1.11. The third-order valence-corrected chi connectivity index (χ3v) is 0.643. The molecule has 1 aliphatic heterocycles. The van der Waals surface area contributed by atoms with Gasteiger partial charge in [0.15, 0.2) is 0 Å². The maximum Gasteiger partial charge on any atom is 0.336 e. The molecule has 0 aromatic rings. The molecule has 33 valence electrons. The molecule has 0 amide bonds. The molecule has 1 N–H and O–H groups in total. The van der Waals surface area contributed by atoms with Crippen molar-refractivity contribution >= 4 is 6.02 Å². The van der Waals surface area contributed by atoms with Crippen molar-refractivity contribution in [1.82, 2.24) is 5.32 Å². The Balaban J connectivity index is 2.45. The quantitative estimate of drug-likeness (QED) is 0.418. The molecule has 0 bridgehead atoms. The van der Waals surface area contributed by atoms with E-state index in [9.17, 15) is 5.11 Å². The SMILES string of the molecule is [O]C1=NCCN1. The van der Waals surface area contributed by atoms with Crippen LogP contribution < -0.4 is 5.32 Å². The first-order valence-electron chi connectivity index (χ1n) is 1.85. The van der Waals surface area contributed by atoms with Crippen LogP contribution in [0.3, 0.4) is 0 Å². The van der Waals surface area contributed by atoms with Crippen LogP contribution in [0, 0.1) is 0 Å². The van der Waals surface area contributed by atoms with Crippen molar-refractivity contribution in [3.8, 4) is 0 Å². The molecule has 3 nitrogen and oxygen atoms in total. The standard InChI is InChI=1S/C3H5N2O/c6-3-4-1-2-5-3/h1-2H2,(H,4,5). The normalized spacial score (nSPS) is 19.7. The van der Waals surface area contributed by atoms with Crippen LogP contribution in [0.25, 0.3) is 0 Å². The molecule has 0 aromatic carbocycles. The summed E-state index contributed by atoms with van der Waals surface area (Å²) in [6, 6.07) is -0.171. The highest BCUT2D eigenvalue weighted by atomic mass is 16.3. The van der Waals surface area contributed by atoms with Crippen molar-refractivity contribution in [1.29, 1.82) is 0 Å². The minimum Gasteiger partial charge on any atom is -0.335 e. The highest BCUT2D eigenvalue weighted by Gasteiger charge is 2.00. The molecular formula is C3H5N2O. The second-order valence-corrected chi connectivity index (χ2v) is 1.11. The molecule has 3 heteroatoms. The maximum atomic E-state index is 9.97.